The van der Waals surface area contributed by atoms with Gasteiger partial charge in [-0.15, -0.1) is 13.2 Å². The predicted molar refractivity (Wildman–Crippen MR) is 87.7 cm³/mol. The van der Waals surface area contributed by atoms with E-state index in [0.717, 1.165) is 12.1 Å². The molecule has 2 N–H and O–H groups in total. The minimum atomic E-state index is -4.80. The summed E-state index contributed by atoms with van der Waals surface area (Å²) in [5.41, 5.74) is -0.742. The largest absolute Gasteiger partial charge is 0.573 e. The predicted octanol–water partition coefficient (Wildman–Crippen LogP) is 2.85. The Kier molecular flexibility index (Phi) is 6.23. The molecular formula is C18H18F3NO4. The van der Waals surface area contributed by atoms with Crippen molar-refractivity contribution < 1.29 is 32.5 Å². The molecule has 0 aromatic heterocycles. The highest BCUT2D eigenvalue weighted by Gasteiger charge is 2.31. The average Bonchev–Trinajstić information content (AvgIpc) is 2.60. The second-order valence-electron chi connectivity index (χ2n) is 5.59. The molecule has 0 radical (unpaired) electrons. The van der Waals surface area contributed by atoms with E-state index in [9.17, 15) is 23.1 Å². The summed E-state index contributed by atoms with van der Waals surface area (Å²) in [4.78, 5) is 12.2. The first-order valence-corrected chi connectivity index (χ1v) is 7.64. The number of ether oxygens (including phenoxy) is 2. The third kappa shape index (κ3) is 5.47. The number of methoxy groups -OCH3 is 1. The number of carbonyl (C=O) groups is 1. The van der Waals surface area contributed by atoms with Gasteiger partial charge in [0.2, 0.25) is 0 Å². The van der Waals surface area contributed by atoms with Crippen LogP contribution in [0.1, 0.15) is 15.9 Å². The Morgan fingerprint density at radius 3 is 2.23 bits per heavy atom. The Labute approximate surface area is 148 Å². The van der Waals surface area contributed by atoms with Gasteiger partial charge in [-0.1, -0.05) is 30.3 Å². The molecule has 2 aromatic carbocycles. The summed E-state index contributed by atoms with van der Waals surface area (Å²) in [7, 11) is 1.43. The third-order valence-electron chi connectivity index (χ3n) is 3.59. The molecule has 0 spiro atoms. The number of nitrogens with one attached hydrogen (secondary N) is 1. The van der Waals surface area contributed by atoms with Crippen molar-refractivity contribution in [3.8, 4) is 5.75 Å². The lowest BCUT2D eigenvalue weighted by atomic mass is 9.94. The maximum Gasteiger partial charge on any atom is 0.573 e. The molecule has 26 heavy (non-hydrogen) atoms. The molecule has 5 nitrogen and oxygen atoms in total. The van der Waals surface area contributed by atoms with Crippen molar-refractivity contribution in [2.75, 3.05) is 20.3 Å². The number of hydrogen-bond donors (Lipinski definition) is 2. The van der Waals surface area contributed by atoms with Crippen molar-refractivity contribution in [3.63, 3.8) is 0 Å². The molecule has 0 aliphatic heterocycles. The molecule has 2 rings (SSSR count). The summed E-state index contributed by atoms with van der Waals surface area (Å²) < 4.78 is 45.2. The lowest BCUT2D eigenvalue weighted by Crippen LogP contribution is -2.44. The summed E-state index contributed by atoms with van der Waals surface area (Å²) in [5.74, 6) is -0.969. The van der Waals surface area contributed by atoms with Gasteiger partial charge in [-0.05, 0) is 29.8 Å². The number of aliphatic hydroxyl groups is 1. The summed E-state index contributed by atoms with van der Waals surface area (Å²) in [6, 6.07) is 13.2. The summed E-state index contributed by atoms with van der Waals surface area (Å²) in [6.07, 6.45) is -4.80. The van der Waals surface area contributed by atoms with Crippen LogP contribution in [0.25, 0.3) is 0 Å². The molecule has 0 saturated carbocycles. The SMILES string of the molecule is COCC(O)(CNC(=O)c1ccc(OC(F)(F)F)cc1)c1ccccc1. The molecule has 0 saturated heterocycles. The normalized spacial score (nSPS) is 13.7. The van der Waals surface area contributed by atoms with E-state index in [4.69, 9.17) is 4.74 Å². The Balaban J connectivity index is 2.04. The number of halogens is 3. The van der Waals surface area contributed by atoms with Crippen LogP contribution in [0.5, 0.6) is 5.75 Å². The summed E-state index contributed by atoms with van der Waals surface area (Å²) in [5, 5.41) is 13.3. The van der Waals surface area contributed by atoms with Gasteiger partial charge in [0.1, 0.15) is 11.4 Å². The minimum absolute atomic E-state index is 0.0460. The second-order valence-corrected chi connectivity index (χ2v) is 5.59. The van der Waals surface area contributed by atoms with Crippen LogP contribution in [-0.2, 0) is 10.3 Å². The molecule has 1 amide bonds. The highest BCUT2D eigenvalue weighted by molar-refractivity contribution is 5.94. The Morgan fingerprint density at radius 2 is 1.69 bits per heavy atom. The number of carbonyl (C=O) groups excluding carboxylic acids is 1. The van der Waals surface area contributed by atoms with Gasteiger partial charge in [-0.3, -0.25) is 4.79 Å². The standard InChI is InChI=1S/C18H18F3NO4/c1-25-12-17(24,14-5-3-2-4-6-14)11-22-16(23)13-7-9-15(10-8-13)26-18(19,20)21/h2-10,24H,11-12H2,1H3,(H,22,23). The Hall–Kier alpha value is -2.58. The Bertz CT molecular complexity index is 719. The maximum atomic E-state index is 12.2. The van der Waals surface area contributed by atoms with Gasteiger partial charge in [-0.2, -0.15) is 0 Å². The van der Waals surface area contributed by atoms with Crippen LogP contribution < -0.4 is 10.1 Å². The van der Waals surface area contributed by atoms with Gasteiger partial charge < -0.3 is 19.9 Å². The van der Waals surface area contributed by atoms with Crippen LogP contribution in [-0.4, -0.2) is 37.6 Å². The van der Waals surface area contributed by atoms with Crippen LogP contribution in [0.4, 0.5) is 13.2 Å². The molecule has 0 aliphatic carbocycles. The number of benzene rings is 2. The Morgan fingerprint density at radius 1 is 1.08 bits per heavy atom. The molecule has 8 heteroatoms. The van der Waals surface area contributed by atoms with E-state index in [2.05, 4.69) is 10.1 Å². The smallest absolute Gasteiger partial charge is 0.406 e. The van der Waals surface area contributed by atoms with E-state index >= 15 is 0 Å². The molecule has 2 aromatic rings. The molecule has 1 atom stereocenters. The van der Waals surface area contributed by atoms with Gasteiger partial charge in [-0.25, -0.2) is 0 Å². The van der Waals surface area contributed by atoms with Crippen LogP contribution in [0, 0.1) is 0 Å². The van der Waals surface area contributed by atoms with Crippen molar-refractivity contribution in [1.82, 2.24) is 5.32 Å². The second kappa shape index (κ2) is 8.20. The molecule has 140 valence electrons. The van der Waals surface area contributed by atoms with E-state index in [1.165, 1.54) is 19.2 Å². The van der Waals surface area contributed by atoms with E-state index in [1.807, 2.05) is 0 Å². The van der Waals surface area contributed by atoms with E-state index in [-0.39, 0.29) is 18.7 Å². The zero-order chi connectivity index (χ0) is 19.2. The zero-order valence-electron chi connectivity index (χ0n) is 13.9. The monoisotopic (exact) mass is 369 g/mol. The molecule has 0 bridgehead atoms. The first-order valence-electron chi connectivity index (χ1n) is 7.64. The maximum absolute atomic E-state index is 12.2. The van der Waals surface area contributed by atoms with E-state index in [0.29, 0.717) is 5.56 Å². The van der Waals surface area contributed by atoms with Crippen molar-refractivity contribution in [3.05, 3.63) is 65.7 Å². The quantitative estimate of drug-likeness (QED) is 0.788. The van der Waals surface area contributed by atoms with Crippen molar-refractivity contribution in [2.24, 2.45) is 0 Å². The van der Waals surface area contributed by atoms with Gasteiger partial charge in [0, 0.05) is 12.7 Å². The topological polar surface area (TPSA) is 67.8 Å². The molecule has 0 aliphatic rings. The van der Waals surface area contributed by atoms with Crippen molar-refractivity contribution in [1.29, 1.82) is 0 Å². The van der Waals surface area contributed by atoms with Crippen LogP contribution in [0.15, 0.2) is 54.6 Å². The van der Waals surface area contributed by atoms with Gasteiger partial charge in [0.05, 0.1) is 13.2 Å². The zero-order valence-corrected chi connectivity index (χ0v) is 13.9. The summed E-state index contributed by atoms with van der Waals surface area (Å²) in [6.45, 7) is -0.180. The van der Waals surface area contributed by atoms with Crippen LogP contribution >= 0.6 is 0 Å². The number of alkyl halides is 3. The fourth-order valence-corrected chi connectivity index (χ4v) is 2.36. The van der Waals surface area contributed by atoms with Gasteiger partial charge >= 0.3 is 6.36 Å². The van der Waals surface area contributed by atoms with Gasteiger partial charge in [0.15, 0.2) is 0 Å². The molecular weight excluding hydrogens is 351 g/mol. The number of amides is 1. The van der Waals surface area contributed by atoms with Gasteiger partial charge in [0.25, 0.3) is 5.91 Å². The first-order chi connectivity index (χ1) is 12.2. The van der Waals surface area contributed by atoms with Crippen molar-refractivity contribution in [2.45, 2.75) is 12.0 Å². The lowest BCUT2D eigenvalue weighted by Gasteiger charge is -2.28. The fraction of sp³-hybridized carbons (Fsp3) is 0.278. The molecule has 0 heterocycles. The highest BCUT2D eigenvalue weighted by Crippen LogP contribution is 2.23. The highest BCUT2D eigenvalue weighted by atomic mass is 19.4. The number of hydrogen-bond acceptors (Lipinski definition) is 4. The molecule has 0 fully saturated rings. The average molecular weight is 369 g/mol. The molecule has 1 unspecified atom stereocenters. The van der Waals surface area contributed by atoms with E-state index in [1.54, 1.807) is 30.3 Å². The van der Waals surface area contributed by atoms with E-state index < -0.39 is 23.6 Å². The minimum Gasteiger partial charge on any atom is -0.406 e. The number of rotatable bonds is 7. The lowest BCUT2D eigenvalue weighted by molar-refractivity contribution is -0.274. The summed E-state index contributed by atoms with van der Waals surface area (Å²) >= 11 is 0. The van der Waals surface area contributed by atoms with Crippen LogP contribution in [0.3, 0.4) is 0 Å². The third-order valence-corrected chi connectivity index (χ3v) is 3.59. The van der Waals surface area contributed by atoms with Crippen molar-refractivity contribution >= 4 is 5.91 Å². The first kappa shape index (κ1) is 19.7. The fourth-order valence-electron chi connectivity index (χ4n) is 2.36. The van der Waals surface area contributed by atoms with Crippen LogP contribution in [0.2, 0.25) is 0 Å².